The Morgan fingerprint density at radius 1 is 1.17 bits per heavy atom. The zero-order chi connectivity index (χ0) is 17.3. The Morgan fingerprint density at radius 2 is 1.88 bits per heavy atom. The lowest BCUT2D eigenvalue weighted by molar-refractivity contribution is -0.136. The fraction of sp³-hybridized carbons (Fsp3) is 0.125. The van der Waals surface area contributed by atoms with Crippen LogP contribution < -0.4 is 10.6 Å². The van der Waals surface area contributed by atoms with Crippen LogP contribution in [0.1, 0.15) is 12.8 Å². The fourth-order valence-electron chi connectivity index (χ4n) is 2.40. The predicted octanol–water partition coefficient (Wildman–Crippen LogP) is 1.66. The van der Waals surface area contributed by atoms with Gasteiger partial charge in [0.15, 0.2) is 11.1 Å². The van der Waals surface area contributed by atoms with Crippen molar-refractivity contribution in [2.75, 3.05) is 0 Å². The lowest BCUT2D eigenvalue weighted by Gasteiger charge is -2.05. The second kappa shape index (κ2) is 6.29. The molecule has 0 atom stereocenters. The van der Waals surface area contributed by atoms with Crippen LogP contribution in [0, 0.1) is 0 Å². The molecule has 7 nitrogen and oxygen atoms in total. The van der Waals surface area contributed by atoms with Crippen molar-refractivity contribution in [2.24, 2.45) is 0 Å². The third-order valence-corrected chi connectivity index (χ3v) is 3.77. The van der Waals surface area contributed by atoms with Gasteiger partial charge in [-0.3, -0.25) is 9.59 Å². The van der Waals surface area contributed by atoms with Gasteiger partial charge in [0.05, 0.1) is 12.1 Å². The molecule has 0 amide bonds. The average molecular weight is 346 g/mol. The van der Waals surface area contributed by atoms with Gasteiger partial charge in [0.2, 0.25) is 0 Å². The Balaban J connectivity index is 2.24. The molecular formula is C16H12ClN3O4. The van der Waals surface area contributed by atoms with Gasteiger partial charge in [-0.1, -0.05) is 23.7 Å². The first kappa shape index (κ1) is 15.9. The maximum absolute atomic E-state index is 12.4. The number of pyridine rings is 1. The van der Waals surface area contributed by atoms with E-state index in [1.54, 1.807) is 24.3 Å². The normalized spacial score (nSPS) is 12.4. The minimum Gasteiger partial charge on any atom is -0.511 e. The molecule has 3 aromatic rings. The molecule has 2 heterocycles. The summed E-state index contributed by atoms with van der Waals surface area (Å²) in [4.78, 5) is 27.1. The summed E-state index contributed by atoms with van der Waals surface area (Å²) in [5.41, 5.74) is 0.932. The molecular weight excluding hydrogens is 334 g/mol. The molecule has 0 bridgehead atoms. The van der Waals surface area contributed by atoms with Gasteiger partial charge < -0.3 is 10.2 Å². The molecule has 0 radical (unpaired) electrons. The number of aliphatic hydroxyl groups is 1. The predicted molar refractivity (Wildman–Crippen MR) is 87.8 cm³/mol. The molecule has 2 N–H and O–H groups in total. The van der Waals surface area contributed by atoms with Crippen molar-refractivity contribution in [3.8, 4) is 11.3 Å². The Morgan fingerprint density at radius 3 is 2.54 bits per heavy atom. The summed E-state index contributed by atoms with van der Waals surface area (Å²) in [6.07, 6.45) is 0.820. The van der Waals surface area contributed by atoms with E-state index >= 15 is 0 Å². The standard InChI is InChI=1S/C16H12ClN3O4/c17-10-3-1-9(2-4-10)11-7-13(22)15(12(21)5-6-14(23)24)16-18-8-19-20(11)16/h1-4,7-8,21H,5-6H2,(H,23,24)/b15-12-. The average Bonchev–Trinajstić information content (AvgIpc) is 3.02. The summed E-state index contributed by atoms with van der Waals surface area (Å²) in [5.74, 6) is -1.38. The molecule has 3 rings (SSSR count). The van der Waals surface area contributed by atoms with E-state index in [0.29, 0.717) is 16.3 Å². The zero-order valence-corrected chi connectivity index (χ0v) is 13.1. The zero-order valence-electron chi connectivity index (χ0n) is 12.3. The summed E-state index contributed by atoms with van der Waals surface area (Å²) < 4.78 is 1.43. The molecule has 0 aliphatic heterocycles. The van der Waals surface area contributed by atoms with Gasteiger partial charge in [0, 0.05) is 23.1 Å². The molecule has 0 saturated heterocycles. The minimum atomic E-state index is -1.07. The third kappa shape index (κ3) is 2.93. The van der Waals surface area contributed by atoms with Crippen LogP contribution in [-0.2, 0) is 4.79 Å². The Hall–Kier alpha value is -2.93. The fourth-order valence-corrected chi connectivity index (χ4v) is 2.53. The first-order valence-corrected chi connectivity index (χ1v) is 7.42. The van der Waals surface area contributed by atoms with Crippen LogP contribution >= 0.6 is 11.6 Å². The molecule has 0 spiro atoms. The SMILES string of the molecule is O=C(O)CC/C(O)=c1\c(=O)cc(-c2ccc(Cl)cc2)n2ncnc12. The number of fused-ring (bicyclic) bond motifs is 1. The second-order valence-corrected chi connectivity index (χ2v) is 5.55. The molecule has 0 unspecified atom stereocenters. The van der Waals surface area contributed by atoms with Gasteiger partial charge in [-0.2, -0.15) is 5.10 Å². The highest BCUT2D eigenvalue weighted by Gasteiger charge is 2.13. The number of hydrogen-bond donors (Lipinski definition) is 2. The lowest BCUT2D eigenvalue weighted by Crippen LogP contribution is -2.30. The van der Waals surface area contributed by atoms with E-state index in [4.69, 9.17) is 16.7 Å². The topological polar surface area (TPSA) is 105 Å². The van der Waals surface area contributed by atoms with Crippen molar-refractivity contribution in [2.45, 2.75) is 12.8 Å². The Kier molecular flexibility index (Phi) is 4.18. The molecule has 0 fully saturated rings. The molecule has 0 aliphatic carbocycles. The highest BCUT2D eigenvalue weighted by atomic mass is 35.5. The van der Waals surface area contributed by atoms with Crippen molar-refractivity contribution in [3.63, 3.8) is 0 Å². The van der Waals surface area contributed by atoms with Crippen LogP contribution in [0.5, 0.6) is 0 Å². The van der Waals surface area contributed by atoms with Crippen LogP contribution in [0.3, 0.4) is 0 Å². The number of carboxylic acids is 1. The van der Waals surface area contributed by atoms with Crippen molar-refractivity contribution >= 4 is 29.0 Å². The number of carbonyl (C=O) groups is 1. The van der Waals surface area contributed by atoms with Crippen molar-refractivity contribution in [1.29, 1.82) is 0 Å². The number of benzene rings is 1. The molecule has 122 valence electrons. The number of hydrogen-bond acceptors (Lipinski definition) is 5. The summed E-state index contributed by atoms with van der Waals surface area (Å²) in [6, 6.07) is 8.19. The van der Waals surface area contributed by atoms with Crippen LogP contribution in [-0.4, -0.2) is 30.8 Å². The van der Waals surface area contributed by atoms with Gasteiger partial charge in [0.25, 0.3) is 0 Å². The summed E-state index contributed by atoms with van der Waals surface area (Å²) >= 11 is 5.87. The van der Waals surface area contributed by atoms with Gasteiger partial charge in [-0.05, 0) is 12.1 Å². The summed E-state index contributed by atoms with van der Waals surface area (Å²) in [5, 5.41) is 23.5. The van der Waals surface area contributed by atoms with Crippen LogP contribution in [0.25, 0.3) is 22.7 Å². The molecule has 8 heteroatoms. The first-order chi connectivity index (χ1) is 11.5. The minimum absolute atomic E-state index is 0.0357. The van der Waals surface area contributed by atoms with E-state index in [2.05, 4.69) is 10.1 Å². The van der Waals surface area contributed by atoms with E-state index < -0.39 is 11.4 Å². The van der Waals surface area contributed by atoms with Crippen LogP contribution in [0.4, 0.5) is 0 Å². The number of rotatable bonds is 4. The van der Waals surface area contributed by atoms with Crippen molar-refractivity contribution in [1.82, 2.24) is 14.6 Å². The number of nitrogens with zero attached hydrogens (tertiary/aromatic N) is 3. The van der Waals surface area contributed by atoms with Gasteiger partial charge >= 0.3 is 5.97 Å². The molecule has 0 saturated carbocycles. The molecule has 2 aromatic heterocycles. The largest absolute Gasteiger partial charge is 0.511 e. The first-order valence-electron chi connectivity index (χ1n) is 7.04. The highest BCUT2D eigenvalue weighted by Crippen LogP contribution is 2.20. The Bertz CT molecular complexity index is 1030. The van der Waals surface area contributed by atoms with Gasteiger partial charge in [0.1, 0.15) is 17.3 Å². The Labute approximate surface area is 140 Å². The van der Waals surface area contributed by atoms with E-state index in [1.807, 2.05) is 0 Å². The second-order valence-electron chi connectivity index (χ2n) is 5.11. The third-order valence-electron chi connectivity index (χ3n) is 3.52. The van der Waals surface area contributed by atoms with Crippen LogP contribution in [0.15, 0.2) is 41.5 Å². The van der Waals surface area contributed by atoms with E-state index in [0.717, 1.165) is 0 Å². The monoisotopic (exact) mass is 345 g/mol. The maximum atomic E-state index is 12.4. The summed E-state index contributed by atoms with van der Waals surface area (Å²) in [7, 11) is 0. The van der Waals surface area contributed by atoms with E-state index in [-0.39, 0.29) is 29.5 Å². The lowest BCUT2D eigenvalue weighted by atomic mass is 10.1. The number of carboxylic acid groups (broad SMARTS) is 1. The van der Waals surface area contributed by atoms with Crippen molar-refractivity contribution < 1.29 is 15.0 Å². The maximum Gasteiger partial charge on any atom is 0.303 e. The van der Waals surface area contributed by atoms with Crippen LogP contribution in [0.2, 0.25) is 5.02 Å². The highest BCUT2D eigenvalue weighted by molar-refractivity contribution is 6.30. The molecule has 0 aliphatic rings. The van der Waals surface area contributed by atoms with E-state index in [9.17, 15) is 14.7 Å². The number of aromatic nitrogens is 3. The number of aliphatic hydroxyl groups excluding tert-OH is 1. The van der Waals surface area contributed by atoms with E-state index in [1.165, 1.54) is 16.9 Å². The van der Waals surface area contributed by atoms with Gasteiger partial charge in [-0.15, -0.1) is 0 Å². The van der Waals surface area contributed by atoms with Crippen molar-refractivity contribution in [3.05, 3.63) is 57.1 Å². The molecule has 24 heavy (non-hydrogen) atoms. The molecule has 1 aromatic carbocycles. The number of halogens is 1. The van der Waals surface area contributed by atoms with Gasteiger partial charge in [-0.25, -0.2) is 9.50 Å². The smallest absolute Gasteiger partial charge is 0.303 e. The number of aliphatic carboxylic acids is 1. The quantitative estimate of drug-likeness (QED) is 0.745. The summed E-state index contributed by atoms with van der Waals surface area (Å²) in [6.45, 7) is 0.